The van der Waals surface area contributed by atoms with Gasteiger partial charge in [-0.25, -0.2) is 0 Å². The van der Waals surface area contributed by atoms with Gasteiger partial charge in [0.2, 0.25) is 0 Å². The quantitative estimate of drug-likeness (QED) is 0.250. The van der Waals surface area contributed by atoms with Gasteiger partial charge in [0.15, 0.2) is 12.2 Å². The second-order valence-electron chi connectivity index (χ2n) is 8.00. The van der Waals surface area contributed by atoms with E-state index in [1.54, 1.807) is 0 Å². The van der Waals surface area contributed by atoms with Crippen LogP contribution in [0.3, 0.4) is 0 Å². The van der Waals surface area contributed by atoms with Gasteiger partial charge in [-0.3, -0.25) is 9.59 Å². The SMILES string of the molecule is NCc1cccc(CNC(=O)C#CC(O)c2ccc(C(O)C#CC(=O)NCc3cccc(CN)c3)o2)c1. The number of aliphatic hydroxyl groups is 2. The molecule has 0 aliphatic rings. The number of hydrogen-bond donors (Lipinski definition) is 6. The van der Waals surface area contributed by atoms with E-state index in [0.29, 0.717) is 13.1 Å². The fourth-order valence-electron chi connectivity index (χ4n) is 3.26. The number of nitrogens with two attached hydrogens (primary N) is 2. The standard InChI is InChI=1S/C28H28N4O5/c29-15-19-3-1-5-21(13-19)17-31-27(35)11-7-23(33)25-9-10-26(37-25)24(34)8-12-28(36)32-18-22-6-2-4-20(14-22)16-30/h1-6,9-10,13-14,23-24,33-34H,15-18,29-30H2,(H,31,35)(H,32,36). The van der Waals surface area contributed by atoms with Crippen molar-refractivity contribution in [3.8, 4) is 23.7 Å². The van der Waals surface area contributed by atoms with Gasteiger partial charge in [0.25, 0.3) is 11.8 Å². The van der Waals surface area contributed by atoms with Crippen molar-refractivity contribution in [2.45, 2.75) is 38.4 Å². The van der Waals surface area contributed by atoms with Gasteiger partial charge in [0.05, 0.1) is 0 Å². The molecule has 190 valence electrons. The highest BCUT2D eigenvalue weighted by molar-refractivity contribution is 5.93. The third-order valence-corrected chi connectivity index (χ3v) is 5.19. The average Bonchev–Trinajstić information content (AvgIpc) is 3.43. The van der Waals surface area contributed by atoms with E-state index in [1.165, 1.54) is 12.1 Å². The molecule has 9 nitrogen and oxygen atoms in total. The van der Waals surface area contributed by atoms with E-state index in [-0.39, 0.29) is 24.6 Å². The Morgan fingerprint density at radius 2 is 1.14 bits per heavy atom. The predicted octanol–water partition coefficient (Wildman–Crippen LogP) is 0.903. The maximum Gasteiger partial charge on any atom is 0.296 e. The highest BCUT2D eigenvalue weighted by atomic mass is 16.4. The third-order valence-electron chi connectivity index (χ3n) is 5.19. The van der Waals surface area contributed by atoms with Crippen LogP contribution >= 0.6 is 0 Å². The van der Waals surface area contributed by atoms with Crippen molar-refractivity contribution in [3.63, 3.8) is 0 Å². The van der Waals surface area contributed by atoms with Crippen molar-refractivity contribution in [2.75, 3.05) is 0 Å². The molecule has 1 aromatic heterocycles. The lowest BCUT2D eigenvalue weighted by Crippen LogP contribution is -2.21. The predicted molar refractivity (Wildman–Crippen MR) is 137 cm³/mol. The summed E-state index contributed by atoms with van der Waals surface area (Å²) in [6, 6.07) is 17.7. The van der Waals surface area contributed by atoms with Crippen LogP contribution in [0.25, 0.3) is 0 Å². The van der Waals surface area contributed by atoms with Crippen LogP contribution in [0.1, 0.15) is 46.0 Å². The van der Waals surface area contributed by atoms with Crippen molar-refractivity contribution in [1.29, 1.82) is 0 Å². The van der Waals surface area contributed by atoms with Crippen molar-refractivity contribution in [2.24, 2.45) is 11.5 Å². The smallest absolute Gasteiger partial charge is 0.296 e. The molecule has 0 aliphatic carbocycles. The molecule has 2 aromatic carbocycles. The Morgan fingerprint density at radius 3 is 1.54 bits per heavy atom. The van der Waals surface area contributed by atoms with Crippen molar-refractivity contribution in [1.82, 2.24) is 10.6 Å². The normalized spacial score (nSPS) is 11.8. The summed E-state index contributed by atoms with van der Waals surface area (Å²) in [4.78, 5) is 24.0. The second-order valence-corrected chi connectivity index (χ2v) is 8.00. The first kappa shape index (κ1) is 27.2. The van der Waals surface area contributed by atoms with E-state index in [9.17, 15) is 19.8 Å². The van der Waals surface area contributed by atoms with Gasteiger partial charge in [-0.1, -0.05) is 60.4 Å². The van der Waals surface area contributed by atoms with Crippen molar-refractivity contribution < 1.29 is 24.2 Å². The van der Waals surface area contributed by atoms with E-state index in [4.69, 9.17) is 15.9 Å². The maximum atomic E-state index is 12.0. The molecule has 2 amide bonds. The highest BCUT2D eigenvalue weighted by Gasteiger charge is 2.14. The van der Waals surface area contributed by atoms with Gasteiger partial charge in [-0.15, -0.1) is 0 Å². The minimum absolute atomic E-state index is 0.0241. The van der Waals surface area contributed by atoms with Gasteiger partial charge >= 0.3 is 0 Å². The molecule has 2 atom stereocenters. The molecule has 0 spiro atoms. The van der Waals surface area contributed by atoms with E-state index in [1.807, 2.05) is 48.5 Å². The molecule has 37 heavy (non-hydrogen) atoms. The first-order chi connectivity index (χ1) is 17.9. The first-order valence-electron chi connectivity index (χ1n) is 11.5. The number of nitrogens with one attached hydrogen (secondary N) is 2. The van der Waals surface area contributed by atoms with Gasteiger partial charge in [0, 0.05) is 26.2 Å². The van der Waals surface area contributed by atoms with Gasteiger partial charge < -0.3 is 36.7 Å². The third kappa shape index (κ3) is 8.65. The van der Waals surface area contributed by atoms with Crippen LogP contribution in [0.5, 0.6) is 0 Å². The maximum absolute atomic E-state index is 12.0. The van der Waals surface area contributed by atoms with Gasteiger partial charge in [-0.2, -0.15) is 0 Å². The zero-order valence-electron chi connectivity index (χ0n) is 20.0. The topological polar surface area (TPSA) is 164 Å². The minimum Gasteiger partial charge on any atom is -0.458 e. The Kier molecular flexibility index (Phi) is 10.0. The molecule has 0 aliphatic heterocycles. The molecule has 2 unspecified atom stereocenters. The number of rotatable bonds is 8. The molecular formula is C28H28N4O5. The molecule has 1 heterocycles. The van der Waals surface area contributed by atoms with Crippen LogP contribution in [0, 0.1) is 23.7 Å². The number of benzene rings is 2. The van der Waals surface area contributed by atoms with E-state index in [0.717, 1.165) is 22.3 Å². The van der Waals surface area contributed by atoms with Crippen molar-refractivity contribution in [3.05, 3.63) is 94.4 Å². The van der Waals surface area contributed by atoms with Crippen molar-refractivity contribution >= 4 is 11.8 Å². The Labute approximate surface area is 214 Å². The number of hydrogen-bond acceptors (Lipinski definition) is 7. The fourth-order valence-corrected chi connectivity index (χ4v) is 3.26. The van der Waals surface area contributed by atoms with Crippen LogP contribution in [0.2, 0.25) is 0 Å². The fraction of sp³-hybridized carbons (Fsp3) is 0.214. The molecule has 3 rings (SSSR count). The van der Waals surface area contributed by atoms with Crippen LogP contribution in [0.4, 0.5) is 0 Å². The summed E-state index contributed by atoms with van der Waals surface area (Å²) < 4.78 is 5.39. The summed E-state index contributed by atoms with van der Waals surface area (Å²) in [6.07, 6.45) is -2.79. The summed E-state index contributed by atoms with van der Waals surface area (Å²) in [5.74, 6) is 8.30. The lowest BCUT2D eigenvalue weighted by Gasteiger charge is -2.04. The molecular weight excluding hydrogens is 472 g/mol. The number of furan rings is 1. The highest BCUT2D eigenvalue weighted by Crippen LogP contribution is 2.20. The largest absolute Gasteiger partial charge is 0.458 e. The summed E-state index contributed by atoms with van der Waals surface area (Å²) in [5, 5.41) is 25.7. The Hall–Kier alpha value is -4.38. The molecule has 9 heteroatoms. The number of aliphatic hydroxyl groups excluding tert-OH is 2. The van der Waals surface area contributed by atoms with Crippen LogP contribution in [-0.4, -0.2) is 22.0 Å². The Balaban J connectivity index is 1.49. The zero-order valence-corrected chi connectivity index (χ0v) is 20.0. The zero-order chi connectivity index (χ0) is 26.6. The number of carbonyl (C=O) groups is 2. The van der Waals surface area contributed by atoms with Gasteiger partial charge in [-0.05, 0) is 46.2 Å². The molecule has 0 saturated carbocycles. The lowest BCUT2D eigenvalue weighted by molar-refractivity contribution is -0.116. The molecule has 0 bridgehead atoms. The monoisotopic (exact) mass is 500 g/mol. The van der Waals surface area contributed by atoms with E-state index < -0.39 is 24.0 Å². The Bertz CT molecular complexity index is 1260. The number of carbonyl (C=O) groups excluding carboxylic acids is 2. The first-order valence-corrected chi connectivity index (χ1v) is 11.5. The Morgan fingerprint density at radius 1 is 0.730 bits per heavy atom. The summed E-state index contributed by atoms with van der Waals surface area (Å²) in [5.41, 5.74) is 14.9. The molecule has 0 radical (unpaired) electrons. The van der Waals surface area contributed by atoms with Crippen LogP contribution in [-0.2, 0) is 35.8 Å². The van der Waals surface area contributed by atoms with Crippen LogP contribution in [0.15, 0.2) is 65.1 Å². The molecule has 0 fully saturated rings. The lowest BCUT2D eigenvalue weighted by atomic mass is 10.1. The second kappa shape index (κ2) is 13.6. The van der Waals surface area contributed by atoms with Gasteiger partial charge in [0.1, 0.15) is 11.5 Å². The summed E-state index contributed by atoms with van der Waals surface area (Å²) >= 11 is 0. The van der Waals surface area contributed by atoms with E-state index in [2.05, 4.69) is 34.3 Å². The van der Waals surface area contributed by atoms with E-state index >= 15 is 0 Å². The summed E-state index contributed by atoms with van der Waals surface area (Å²) in [7, 11) is 0. The molecule has 3 aromatic rings. The number of amides is 2. The molecule has 8 N–H and O–H groups in total. The minimum atomic E-state index is -1.40. The summed E-state index contributed by atoms with van der Waals surface area (Å²) in [6.45, 7) is 1.33. The average molecular weight is 501 g/mol. The molecule has 0 saturated heterocycles. The van der Waals surface area contributed by atoms with Crippen LogP contribution < -0.4 is 22.1 Å².